The first-order valence-corrected chi connectivity index (χ1v) is 16.1. The summed E-state index contributed by atoms with van der Waals surface area (Å²) in [5, 5.41) is 46.4. The van der Waals surface area contributed by atoms with Crippen LogP contribution in [0.2, 0.25) is 18.7 Å². The predicted octanol–water partition coefficient (Wildman–Crippen LogP) is 2.03. The third-order valence-corrected chi connectivity index (χ3v) is 10.4. The molecule has 0 N–H and O–H groups in total. The summed E-state index contributed by atoms with van der Waals surface area (Å²) in [6, 6.07) is 7.56. The Morgan fingerprint density at radius 2 is 1.40 bits per heavy atom. The van der Waals surface area contributed by atoms with Crippen molar-refractivity contribution in [2.24, 2.45) is 0 Å². The fraction of sp³-hybridized carbons (Fsp3) is 0.308. The SMILES string of the molecule is [CH3][Sn]([CH3])([CH3])[CH]1B(C#N)C(C#N)=C(C#N)C(C#N)=C1C#N. The minimum absolute atomic E-state index is 0.0298. The molecule has 0 aromatic carbocycles. The van der Waals surface area contributed by atoms with E-state index in [1.807, 2.05) is 33.0 Å². The van der Waals surface area contributed by atoms with Crippen molar-refractivity contribution in [3.63, 3.8) is 0 Å². The fourth-order valence-corrected chi connectivity index (χ4v) is 9.08. The van der Waals surface area contributed by atoms with Gasteiger partial charge in [0.2, 0.25) is 0 Å². The molecule has 7 heteroatoms. The average molecular weight is 366 g/mol. The average Bonchev–Trinajstić information content (AvgIpc) is 2.42. The van der Waals surface area contributed by atoms with Crippen molar-refractivity contribution in [1.82, 2.24) is 0 Å². The molecule has 1 aliphatic heterocycles. The molecule has 0 bridgehead atoms. The van der Waals surface area contributed by atoms with Crippen LogP contribution in [0, 0.1) is 56.6 Å². The Hall–Kier alpha value is -2.21. The van der Waals surface area contributed by atoms with Gasteiger partial charge in [0, 0.05) is 0 Å². The molecule has 5 nitrogen and oxygen atoms in total. The summed E-state index contributed by atoms with van der Waals surface area (Å²) in [7, 11) is 0. The molecular formula is C13H10BN5Sn. The minimum atomic E-state index is -2.82. The number of nitrogens with zero attached hydrogens (tertiary/aromatic N) is 5. The molecule has 0 aliphatic carbocycles. The maximum atomic E-state index is 9.39. The molecule has 0 saturated carbocycles. The van der Waals surface area contributed by atoms with Crippen LogP contribution in [0.4, 0.5) is 0 Å². The molecule has 0 aromatic heterocycles. The quantitative estimate of drug-likeness (QED) is 0.658. The molecule has 1 aliphatic rings. The Morgan fingerprint density at radius 1 is 0.850 bits per heavy atom. The summed E-state index contributed by atoms with van der Waals surface area (Å²) < 4.78 is -0.374. The van der Waals surface area contributed by atoms with E-state index in [4.69, 9.17) is 5.26 Å². The zero-order valence-corrected chi connectivity index (χ0v) is 14.2. The van der Waals surface area contributed by atoms with E-state index >= 15 is 0 Å². The predicted molar refractivity (Wildman–Crippen MR) is 75.0 cm³/mol. The van der Waals surface area contributed by atoms with Crippen LogP contribution in [0.15, 0.2) is 22.2 Å². The van der Waals surface area contributed by atoms with Crippen LogP contribution >= 0.6 is 0 Å². The van der Waals surface area contributed by atoms with Gasteiger partial charge in [0.25, 0.3) is 0 Å². The van der Waals surface area contributed by atoms with Crippen molar-refractivity contribution >= 4 is 25.1 Å². The van der Waals surface area contributed by atoms with Crippen molar-refractivity contribution in [2.45, 2.75) is 18.7 Å². The molecule has 1 unspecified atom stereocenters. The van der Waals surface area contributed by atoms with E-state index in [0.29, 0.717) is 0 Å². The molecular weight excluding hydrogens is 356 g/mol. The number of hydrogen-bond donors (Lipinski definition) is 0. The molecule has 1 rings (SSSR count). The van der Waals surface area contributed by atoms with Gasteiger partial charge >= 0.3 is 122 Å². The van der Waals surface area contributed by atoms with Gasteiger partial charge in [0.1, 0.15) is 0 Å². The van der Waals surface area contributed by atoms with Gasteiger partial charge < -0.3 is 0 Å². The second-order valence-electron chi connectivity index (χ2n) is 5.48. The molecule has 20 heavy (non-hydrogen) atoms. The monoisotopic (exact) mass is 367 g/mol. The van der Waals surface area contributed by atoms with Crippen LogP contribution in [-0.2, 0) is 0 Å². The van der Waals surface area contributed by atoms with Crippen LogP contribution in [0.1, 0.15) is 0 Å². The molecule has 0 amide bonds. The maximum absolute atomic E-state index is 9.39. The molecule has 0 aromatic rings. The Bertz CT molecular complexity index is 722. The normalized spacial score (nSPS) is 18.5. The van der Waals surface area contributed by atoms with Crippen LogP contribution in [0.5, 0.6) is 0 Å². The number of allylic oxidation sites excluding steroid dienone is 4. The first-order chi connectivity index (χ1) is 9.37. The van der Waals surface area contributed by atoms with Gasteiger partial charge in [-0.1, -0.05) is 0 Å². The van der Waals surface area contributed by atoms with Gasteiger partial charge in [-0.2, -0.15) is 0 Å². The number of nitriles is 5. The van der Waals surface area contributed by atoms with Crippen LogP contribution in [0.3, 0.4) is 0 Å². The number of rotatable bonds is 1. The van der Waals surface area contributed by atoms with E-state index in [1.165, 1.54) is 0 Å². The summed E-state index contributed by atoms with van der Waals surface area (Å²) in [6.07, 6.45) is 0. The van der Waals surface area contributed by atoms with Crippen LogP contribution in [0.25, 0.3) is 0 Å². The van der Waals surface area contributed by atoms with E-state index in [-0.39, 0.29) is 26.0 Å². The summed E-state index contributed by atoms with van der Waals surface area (Å²) in [6.45, 7) is -0.794. The van der Waals surface area contributed by atoms with E-state index in [0.717, 1.165) is 0 Å². The van der Waals surface area contributed by atoms with Crippen LogP contribution < -0.4 is 0 Å². The Balaban J connectivity index is 3.85. The first kappa shape index (κ1) is 15.8. The van der Waals surface area contributed by atoms with Gasteiger partial charge in [-0.25, -0.2) is 0 Å². The van der Waals surface area contributed by atoms with Crippen molar-refractivity contribution in [3.8, 4) is 30.2 Å². The summed E-state index contributed by atoms with van der Waals surface area (Å²) in [4.78, 5) is 6.13. The second kappa shape index (κ2) is 5.84. The molecule has 1 heterocycles. The summed E-state index contributed by atoms with van der Waals surface area (Å²) in [5.41, 5.74) is 0.0830. The van der Waals surface area contributed by atoms with Gasteiger partial charge in [0.15, 0.2) is 0 Å². The van der Waals surface area contributed by atoms with Gasteiger partial charge in [0.05, 0.1) is 0 Å². The Kier molecular flexibility index (Phi) is 4.62. The zero-order valence-electron chi connectivity index (χ0n) is 11.4. The van der Waals surface area contributed by atoms with Crippen molar-refractivity contribution < 1.29 is 0 Å². The van der Waals surface area contributed by atoms with Gasteiger partial charge in [-0.15, -0.1) is 0 Å². The van der Waals surface area contributed by atoms with Crippen molar-refractivity contribution in [2.75, 3.05) is 0 Å². The third-order valence-electron chi connectivity index (χ3n) is 3.28. The first-order valence-electron chi connectivity index (χ1n) is 5.86. The third kappa shape index (κ3) is 2.42. The molecule has 0 spiro atoms. The van der Waals surface area contributed by atoms with Crippen molar-refractivity contribution in [1.29, 1.82) is 26.3 Å². The topological polar surface area (TPSA) is 119 Å². The summed E-state index contributed by atoms with van der Waals surface area (Å²) in [5.74, 6) is 2.06. The second-order valence-corrected chi connectivity index (χ2v) is 20.8. The fourth-order valence-electron chi connectivity index (χ4n) is 2.47. The van der Waals surface area contributed by atoms with E-state index < -0.39 is 25.1 Å². The molecule has 1 atom stereocenters. The van der Waals surface area contributed by atoms with Crippen molar-refractivity contribution in [3.05, 3.63) is 22.2 Å². The molecule has 0 fully saturated rings. The van der Waals surface area contributed by atoms with Crippen LogP contribution in [-0.4, -0.2) is 25.1 Å². The van der Waals surface area contributed by atoms with E-state index in [2.05, 4.69) is 5.97 Å². The molecule has 0 radical (unpaired) electrons. The van der Waals surface area contributed by atoms with E-state index in [1.54, 1.807) is 6.07 Å². The molecule has 0 saturated heterocycles. The molecule has 94 valence electrons. The zero-order chi connectivity index (χ0) is 15.5. The van der Waals surface area contributed by atoms with Gasteiger partial charge in [-0.3, -0.25) is 0 Å². The number of hydrogen-bond acceptors (Lipinski definition) is 5. The standard InChI is InChI=1S/C10HBN5.3CH3.Sn/c12-2-7-1-11(6-16)10(5-15)9(4-14)8(7)3-13;;;;/h1H;3*1H3;. The summed E-state index contributed by atoms with van der Waals surface area (Å²) >= 11 is -2.82. The van der Waals surface area contributed by atoms with E-state index in [9.17, 15) is 21.0 Å². The van der Waals surface area contributed by atoms with Gasteiger partial charge in [-0.05, 0) is 0 Å². The Labute approximate surface area is 122 Å². The Morgan fingerprint density at radius 3 is 1.70 bits per heavy atom.